The van der Waals surface area contributed by atoms with Crippen molar-refractivity contribution in [2.24, 2.45) is 0 Å². The third-order valence-electron chi connectivity index (χ3n) is 4.47. The number of nitro groups is 1. The summed E-state index contributed by atoms with van der Waals surface area (Å²) in [6.45, 7) is 0.594. The molecule has 1 aliphatic rings. The lowest BCUT2D eigenvalue weighted by molar-refractivity contribution is -0.385. The van der Waals surface area contributed by atoms with Gasteiger partial charge in [0.15, 0.2) is 0 Å². The van der Waals surface area contributed by atoms with Crippen molar-refractivity contribution < 1.29 is 9.72 Å². The average molecular weight is 365 g/mol. The summed E-state index contributed by atoms with van der Waals surface area (Å²) in [7, 11) is 0. The highest BCUT2D eigenvalue weighted by atomic mass is 16.6. The minimum absolute atomic E-state index is 0.0973. The summed E-state index contributed by atoms with van der Waals surface area (Å²) < 4.78 is 1.13. The van der Waals surface area contributed by atoms with Crippen LogP contribution in [0, 0.1) is 10.1 Å². The van der Waals surface area contributed by atoms with Gasteiger partial charge in [-0.2, -0.15) is 0 Å². The number of piperazine rings is 1. The molecule has 0 unspecified atom stereocenters. The summed E-state index contributed by atoms with van der Waals surface area (Å²) in [6, 6.07) is 13.0. The molecule has 1 saturated heterocycles. The number of anilines is 1. The minimum Gasteiger partial charge on any atom is -0.352 e. The zero-order valence-corrected chi connectivity index (χ0v) is 14.1. The summed E-state index contributed by atoms with van der Waals surface area (Å²) in [5, 5.41) is 14.4. The van der Waals surface area contributed by atoms with Gasteiger partial charge in [0.05, 0.1) is 4.92 Å². The molecule has 3 heterocycles. The van der Waals surface area contributed by atoms with Gasteiger partial charge in [0.2, 0.25) is 11.7 Å². The number of hydrogen-bond acceptors (Lipinski definition) is 6. The molecule has 2 aromatic heterocycles. The van der Waals surface area contributed by atoms with Gasteiger partial charge in [0.25, 0.3) is 0 Å². The Hall–Kier alpha value is -3.75. The lowest BCUT2D eigenvalue weighted by Gasteiger charge is -2.35. The molecule has 1 aliphatic heterocycles. The largest absolute Gasteiger partial charge is 0.376 e. The first-order chi connectivity index (χ1) is 13.1. The highest BCUT2D eigenvalue weighted by Gasteiger charge is 2.37. The van der Waals surface area contributed by atoms with Crippen molar-refractivity contribution >= 4 is 23.1 Å². The second-order valence-corrected chi connectivity index (χ2v) is 6.07. The van der Waals surface area contributed by atoms with Crippen LogP contribution in [-0.4, -0.2) is 33.3 Å². The SMILES string of the molecule is O=C1NCCN(c2nc3ccccn3c(=O)c2[N+](=O)[O-])[C@H]1c1ccccc1. The standard InChI is InChI=1S/C18H15N5O4/c24-17-14(12-6-2-1-3-7-12)22(11-9-19-17)16-15(23(26)27)18(25)21-10-5-4-8-13(21)20-16/h1-8,10,14H,9,11H2,(H,19,24)/t14-/m0/s1. The number of carbonyl (C=O) groups excluding carboxylic acids is 1. The number of amides is 1. The molecule has 4 rings (SSSR count). The Kier molecular flexibility index (Phi) is 4.03. The maximum atomic E-state index is 12.7. The van der Waals surface area contributed by atoms with Crippen LogP contribution in [0.25, 0.3) is 5.65 Å². The monoisotopic (exact) mass is 365 g/mol. The normalized spacial score (nSPS) is 17.0. The Morgan fingerprint density at radius 3 is 2.59 bits per heavy atom. The van der Waals surface area contributed by atoms with Gasteiger partial charge in [-0.15, -0.1) is 0 Å². The Labute approximate surface area is 153 Å². The predicted octanol–water partition coefficient (Wildman–Crippen LogP) is 1.28. The molecule has 0 saturated carbocycles. The number of fused-ring (bicyclic) bond motifs is 1. The van der Waals surface area contributed by atoms with Gasteiger partial charge in [-0.25, -0.2) is 4.98 Å². The first-order valence-electron chi connectivity index (χ1n) is 8.33. The number of nitrogens with zero attached hydrogens (tertiary/aromatic N) is 4. The van der Waals surface area contributed by atoms with E-state index in [-0.39, 0.29) is 17.4 Å². The summed E-state index contributed by atoms with van der Waals surface area (Å²) in [6.07, 6.45) is 1.43. The first kappa shape index (κ1) is 16.7. The molecule has 1 aromatic carbocycles. The van der Waals surface area contributed by atoms with Gasteiger partial charge in [-0.05, 0) is 17.7 Å². The number of aromatic nitrogens is 2. The van der Waals surface area contributed by atoms with E-state index in [0.717, 1.165) is 4.40 Å². The Balaban J connectivity index is 1.96. The van der Waals surface area contributed by atoms with Gasteiger partial charge in [-0.3, -0.25) is 24.1 Å². The average Bonchev–Trinajstić information content (AvgIpc) is 2.68. The van der Waals surface area contributed by atoms with Crippen molar-refractivity contribution in [2.75, 3.05) is 18.0 Å². The molecule has 0 aliphatic carbocycles. The topological polar surface area (TPSA) is 110 Å². The highest BCUT2D eigenvalue weighted by Crippen LogP contribution is 2.32. The Bertz CT molecular complexity index is 1100. The van der Waals surface area contributed by atoms with Crippen molar-refractivity contribution in [1.82, 2.24) is 14.7 Å². The van der Waals surface area contributed by atoms with Crippen molar-refractivity contribution in [2.45, 2.75) is 6.04 Å². The summed E-state index contributed by atoms with van der Waals surface area (Å²) in [4.78, 5) is 42.1. The van der Waals surface area contributed by atoms with Gasteiger partial charge in [-0.1, -0.05) is 36.4 Å². The molecule has 0 radical (unpaired) electrons. The summed E-state index contributed by atoms with van der Waals surface area (Å²) >= 11 is 0. The lowest BCUT2D eigenvalue weighted by atomic mass is 10.0. The van der Waals surface area contributed by atoms with E-state index in [0.29, 0.717) is 18.7 Å². The molecular weight excluding hydrogens is 350 g/mol. The molecule has 1 fully saturated rings. The Morgan fingerprint density at radius 2 is 1.85 bits per heavy atom. The number of rotatable bonds is 3. The van der Waals surface area contributed by atoms with Gasteiger partial charge in [0, 0.05) is 19.3 Å². The number of hydrogen-bond donors (Lipinski definition) is 1. The molecule has 0 bridgehead atoms. The molecule has 0 spiro atoms. The molecular formula is C18H15N5O4. The zero-order valence-electron chi connectivity index (χ0n) is 14.1. The quantitative estimate of drug-likeness (QED) is 0.553. The van der Waals surface area contributed by atoms with E-state index >= 15 is 0 Å². The first-order valence-corrected chi connectivity index (χ1v) is 8.33. The summed E-state index contributed by atoms with van der Waals surface area (Å²) in [5.74, 6) is -0.392. The molecule has 1 N–H and O–H groups in total. The fraction of sp³-hybridized carbons (Fsp3) is 0.167. The second kappa shape index (κ2) is 6.52. The zero-order chi connectivity index (χ0) is 19.0. The number of pyridine rings is 1. The molecule has 27 heavy (non-hydrogen) atoms. The van der Waals surface area contributed by atoms with Crippen LogP contribution in [-0.2, 0) is 4.79 Å². The van der Waals surface area contributed by atoms with Crippen molar-refractivity contribution in [3.63, 3.8) is 0 Å². The second-order valence-electron chi connectivity index (χ2n) is 6.07. The third-order valence-corrected chi connectivity index (χ3v) is 4.47. The smallest absolute Gasteiger partial charge is 0.352 e. The number of benzene rings is 1. The van der Waals surface area contributed by atoms with Crippen LogP contribution in [0.3, 0.4) is 0 Å². The van der Waals surface area contributed by atoms with Crippen molar-refractivity contribution in [1.29, 1.82) is 0 Å². The molecule has 1 atom stereocenters. The van der Waals surface area contributed by atoms with E-state index in [1.165, 1.54) is 11.1 Å². The molecule has 3 aromatic rings. The van der Waals surface area contributed by atoms with Crippen LogP contribution in [0.2, 0.25) is 0 Å². The molecule has 9 heteroatoms. The highest BCUT2D eigenvalue weighted by molar-refractivity contribution is 5.88. The van der Waals surface area contributed by atoms with Crippen molar-refractivity contribution in [3.8, 4) is 0 Å². The van der Waals surface area contributed by atoms with E-state index in [4.69, 9.17) is 0 Å². The Morgan fingerprint density at radius 1 is 1.11 bits per heavy atom. The van der Waals surface area contributed by atoms with E-state index in [1.807, 2.05) is 6.07 Å². The lowest BCUT2D eigenvalue weighted by Crippen LogP contribution is -2.51. The molecule has 1 amide bonds. The fourth-order valence-corrected chi connectivity index (χ4v) is 3.29. The third kappa shape index (κ3) is 2.78. The fourth-order valence-electron chi connectivity index (χ4n) is 3.29. The molecule has 136 valence electrons. The van der Waals surface area contributed by atoms with Crippen LogP contribution in [0.15, 0.2) is 59.5 Å². The number of nitrogens with one attached hydrogen (secondary N) is 1. The van der Waals surface area contributed by atoms with Crippen LogP contribution >= 0.6 is 0 Å². The van der Waals surface area contributed by atoms with E-state index in [9.17, 15) is 19.7 Å². The number of carbonyl (C=O) groups is 1. The van der Waals surface area contributed by atoms with Crippen LogP contribution in [0.5, 0.6) is 0 Å². The van der Waals surface area contributed by atoms with Crippen LogP contribution in [0.1, 0.15) is 11.6 Å². The van der Waals surface area contributed by atoms with Crippen molar-refractivity contribution in [3.05, 3.63) is 80.8 Å². The molecule has 9 nitrogen and oxygen atoms in total. The van der Waals surface area contributed by atoms with E-state index < -0.39 is 22.2 Å². The van der Waals surface area contributed by atoms with Gasteiger partial charge < -0.3 is 10.2 Å². The summed E-state index contributed by atoms with van der Waals surface area (Å²) in [5.41, 5.74) is -0.479. The van der Waals surface area contributed by atoms with Crippen LogP contribution < -0.4 is 15.8 Å². The maximum Gasteiger partial charge on any atom is 0.376 e. The minimum atomic E-state index is -0.809. The van der Waals surface area contributed by atoms with Gasteiger partial charge in [0.1, 0.15) is 11.7 Å². The predicted molar refractivity (Wildman–Crippen MR) is 97.7 cm³/mol. The van der Waals surface area contributed by atoms with E-state index in [1.54, 1.807) is 42.5 Å². The van der Waals surface area contributed by atoms with E-state index in [2.05, 4.69) is 10.3 Å². The maximum absolute atomic E-state index is 12.7. The van der Waals surface area contributed by atoms with Gasteiger partial charge >= 0.3 is 11.2 Å². The van der Waals surface area contributed by atoms with Crippen LogP contribution in [0.4, 0.5) is 11.5 Å².